The number of Topliss-reactive ketones (excluding diaryl/α,β-unsaturated/α-hetero) is 1. The van der Waals surface area contributed by atoms with Crippen LogP contribution in [0.1, 0.15) is 51.9 Å². The highest BCUT2D eigenvalue weighted by Gasteiger charge is 2.27. The van der Waals surface area contributed by atoms with Gasteiger partial charge in [0.2, 0.25) is 0 Å². The molecule has 16 heavy (non-hydrogen) atoms. The molecule has 1 aliphatic heterocycles. The minimum Gasteiger partial charge on any atom is -0.298 e. The van der Waals surface area contributed by atoms with E-state index >= 15 is 0 Å². The minimum atomic E-state index is 0.408. The maximum Gasteiger partial charge on any atom is 0.149 e. The van der Waals surface area contributed by atoms with E-state index in [1.54, 1.807) is 0 Å². The van der Waals surface area contributed by atoms with Gasteiger partial charge in [-0.1, -0.05) is 26.2 Å². The molecule has 0 N–H and O–H groups in total. The van der Waals surface area contributed by atoms with E-state index in [-0.39, 0.29) is 0 Å². The quantitative estimate of drug-likeness (QED) is 0.714. The lowest BCUT2D eigenvalue weighted by molar-refractivity contribution is -0.123. The van der Waals surface area contributed by atoms with Crippen molar-refractivity contribution in [3.8, 4) is 0 Å². The van der Waals surface area contributed by atoms with Crippen molar-refractivity contribution in [3.05, 3.63) is 0 Å². The summed E-state index contributed by atoms with van der Waals surface area (Å²) in [5.41, 5.74) is 0. The van der Waals surface area contributed by atoms with Gasteiger partial charge in [0.1, 0.15) is 5.78 Å². The number of hydrogen-bond donors (Lipinski definition) is 0. The molecule has 1 saturated heterocycles. The lowest BCUT2D eigenvalue weighted by Gasteiger charge is -2.17. The summed E-state index contributed by atoms with van der Waals surface area (Å²) in [5.74, 6) is 1.79. The molecule has 1 saturated carbocycles. The molecule has 92 valence electrons. The molecule has 0 bridgehead atoms. The van der Waals surface area contributed by atoms with Crippen LogP contribution in [0, 0.1) is 11.8 Å². The van der Waals surface area contributed by atoms with Crippen molar-refractivity contribution in [3.63, 3.8) is 0 Å². The summed E-state index contributed by atoms with van der Waals surface area (Å²) in [6.07, 6.45) is 8.80. The maximum atomic E-state index is 12.0. The monoisotopic (exact) mass is 223 g/mol. The molecule has 0 spiro atoms. The van der Waals surface area contributed by atoms with Gasteiger partial charge in [-0.2, -0.15) is 0 Å². The number of carbonyl (C=O) groups is 1. The van der Waals surface area contributed by atoms with E-state index in [0.717, 1.165) is 31.8 Å². The summed E-state index contributed by atoms with van der Waals surface area (Å²) in [5, 5.41) is 0. The van der Waals surface area contributed by atoms with Crippen LogP contribution in [0.25, 0.3) is 0 Å². The molecule has 2 heteroatoms. The Bertz CT molecular complexity index is 233. The molecule has 0 aromatic rings. The van der Waals surface area contributed by atoms with Crippen LogP contribution in [0.2, 0.25) is 0 Å². The topological polar surface area (TPSA) is 20.3 Å². The first-order chi connectivity index (χ1) is 7.79. The Morgan fingerprint density at radius 2 is 2.00 bits per heavy atom. The number of carbonyl (C=O) groups excluding carboxylic acids is 1. The number of nitrogens with zero attached hydrogens (tertiary/aromatic N) is 1. The Morgan fingerprint density at radius 1 is 1.25 bits per heavy atom. The zero-order valence-electron chi connectivity index (χ0n) is 10.6. The van der Waals surface area contributed by atoms with Crippen LogP contribution in [0.5, 0.6) is 0 Å². The molecule has 2 rings (SSSR count). The van der Waals surface area contributed by atoms with Gasteiger partial charge in [-0.25, -0.2) is 0 Å². The molecular weight excluding hydrogens is 198 g/mol. The smallest absolute Gasteiger partial charge is 0.149 e. The van der Waals surface area contributed by atoms with E-state index in [4.69, 9.17) is 0 Å². The largest absolute Gasteiger partial charge is 0.298 e. The van der Waals surface area contributed by atoms with E-state index in [2.05, 4.69) is 11.8 Å². The summed E-state index contributed by atoms with van der Waals surface area (Å²) in [6, 6.07) is 0. The number of rotatable bonds is 5. The summed E-state index contributed by atoms with van der Waals surface area (Å²) in [4.78, 5) is 14.4. The second-order valence-corrected chi connectivity index (χ2v) is 5.63. The van der Waals surface area contributed by atoms with Crippen molar-refractivity contribution in [2.75, 3.05) is 19.6 Å². The van der Waals surface area contributed by atoms with Gasteiger partial charge >= 0.3 is 0 Å². The molecule has 2 fully saturated rings. The molecular formula is C14H25NO. The number of hydrogen-bond acceptors (Lipinski definition) is 2. The van der Waals surface area contributed by atoms with E-state index in [0.29, 0.717) is 11.7 Å². The third-order valence-electron chi connectivity index (χ3n) is 4.26. The van der Waals surface area contributed by atoms with Crippen molar-refractivity contribution in [1.82, 2.24) is 4.90 Å². The molecule has 2 nitrogen and oxygen atoms in total. The highest BCUT2D eigenvalue weighted by molar-refractivity contribution is 5.83. The average molecular weight is 223 g/mol. The van der Waals surface area contributed by atoms with Crippen molar-refractivity contribution in [1.29, 1.82) is 0 Å². The highest BCUT2D eigenvalue weighted by atomic mass is 16.1. The lowest BCUT2D eigenvalue weighted by atomic mass is 10.0. The van der Waals surface area contributed by atoms with Crippen LogP contribution in [0.15, 0.2) is 0 Å². The third kappa shape index (κ3) is 3.07. The van der Waals surface area contributed by atoms with Gasteiger partial charge in [-0.15, -0.1) is 0 Å². The molecule has 1 atom stereocenters. The van der Waals surface area contributed by atoms with E-state index in [1.807, 2.05) is 0 Å². The predicted octanol–water partition coefficient (Wildman–Crippen LogP) is 2.87. The molecule has 1 heterocycles. The van der Waals surface area contributed by atoms with Gasteiger partial charge in [0, 0.05) is 12.5 Å². The SMILES string of the molecule is CCCC1CCN(CC(=O)C2CCCC2)C1. The fourth-order valence-electron chi connectivity index (χ4n) is 3.30. The van der Waals surface area contributed by atoms with Crippen LogP contribution in [0.4, 0.5) is 0 Å². The second-order valence-electron chi connectivity index (χ2n) is 5.63. The van der Waals surface area contributed by atoms with Gasteiger partial charge in [-0.05, 0) is 38.1 Å². The van der Waals surface area contributed by atoms with Crippen LogP contribution in [-0.2, 0) is 4.79 Å². The Kier molecular flexibility index (Phi) is 4.39. The van der Waals surface area contributed by atoms with Crippen molar-refractivity contribution in [2.45, 2.75) is 51.9 Å². The first-order valence-electron chi connectivity index (χ1n) is 7.04. The average Bonchev–Trinajstić information content (AvgIpc) is 2.89. The fraction of sp³-hybridized carbons (Fsp3) is 0.929. The minimum absolute atomic E-state index is 0.408. The Balaban J connectivity index is 1.71. The standard InChI is InChI=1S/C14H25NO/c1-2-5-12-8-9-15(10-12)11-14(16)13-6-3-4-7-13/h12-13H,2-11H2,1H3. The lowest BCUT2D eigenvalue weighted by Crippen LogP contribution is -2.31. The summed E-state index contributed by atoms with van der Waals surface area (Å²) in [7, 11) is 0. The Labute approximate surface area is 99.4 Å². The van der Waals surface area contributed by atoms with Gasteiger partial charge in [0.05, 0.1) is 6.54 Å². The van der Waals surface area contributed by atoms with Gasteiger partial charge in [0.25, 0.3) is 0 Å². The van der Waals surface area contributed by atoms with Crippen molar-refractivity contribution >= 4 is 5.78 Å². The molecule has 0 aromatic carbocycles. The zero-order valence-corrected chi connectivity index (χ0v) is 10.6. The van der Waals surface area contributed by atoms with Crippen molar-refractivity contribution < 1.29 is 4.79 Å². The summed E-state index contributed by atoms with van der Waals surface area (Å²) >= 11 is 0. The van der Waals surface area contributed by atoms with E-state index < -0.39 is 0 Å². The van der Waals surface area contributed by atoms with Crippen LogP contribution >= 0.6 is 0 Å². The van der Waals surface area contributed by atoms with Crippen molar-refractivity contribution in [2.24, 2.45) is 11.8 Å². The van der Waals surface area contributed by atoms with Gasteiger partial charge in [-0.3, -0.25) is 9.69 Å². The molecule has 1 unspecified atom stereocenters. The van der Waals surface area contributed by atoms with Gasteiger partial charge in [0.15, 0.2) is 0 Å². The highest BCUT2D eigenvalue weighted by Crippen LogP contribution is 2.27. The molecule has 0 aromatic heterocycles. The predicted molar refractivity (Wildman–Crippen MR) is 66.4 cm³/mol. The van der Waals surface area contributed by atoms with Crippen LogP contribution in [-0.4, -0.2) is 30.3 Å². The first kappa shape index (κ1) is 12.1. The molecule has 2 aliphatic rings. The van der Waals surface area contributed by atoms with E-state index in [1.165, 1.54) is 38.6 Å². The molecule has 0 amide bonds. The maximum absolute atomic E-state index is 12.0. The fourth-order valence-corrected chi connectivity index (χ4v) is 3.30. The number of likely N-dealkylation sites (tertiary alicyclic amines) is 1. The first-order valence-corrected chi connectivity index (χ1v) is 7.04. The Hall–Kier alpha value is -0.370. The van der Waals surface area contributed by atoms with Gasteiger partial charge < -0.3 is 0 Å². The number of ketones is 1. The van der Waals surface area contributed by atoms with Crippen LogP contribution < -0.4 is 0 Å². The normalized spacial score (nSPS) is 27.7. The summed E-state index contributed by atoms with van der Waals surface area (Å²) < 4.78 is 0. The molecule has 0 radical (unpaired) electrons. The second kappa shape index (κ2) is 5.81. The Morgan fingerprint density at radius 3 is 2.69 bits per heavy atom. The zero-order chi connectivity index (χ0) is 11.4. The van der Waals surface area contributed by atoms with Crippen LogP contribution in [0.3, 0.4) is 0 Å². The third-order valence-corrected chi connectivity index (χ3v) is 4.26. The molecule has 1 aliphatic carbocycles. The van der Waals surface area contributed by atoms with E-state index in [9.17, 15) is 4.79 Å². The summed E-state index contributed by atoms with van der Waals surface area (Å²) in [6.45, 7) is 5.33.